The van der Waals surface area contributed by atoms with Gasteiger partial charge in [0.2, 0.25) is 5.91 Å². The molecule has 0 radical (unpaired) electrons. The molecule has 1 fully saturated rings. The molecule has 1 saturated heterocycles. The van der Waals surface area contributed by atoms with Gasteiger partial charge >= 0.3 is 11.7 Å². The fourth-order valence-electron chi connectivity index (χ4n) is 5.33. The van der Waals surface area contributed by atoms with Gasteiger partial charge in [-0.25, -0.2) is 14.6 Å². The minimum atomic E-state index is -0.928. The Morgan fingerprint density at radius 2 is 1.78 bits per heavy atom. The summed E-state index contributed by atoms with van der Waals surface area (Å²) in [5.41, 5.74) is 3.23. The minimum absolute atomic E-state index is 0.177. The van der Waals surface area contributed by atoms with Crippen molar-refractivity contribution in [1.29, 1.82) is 0 Å². The lowest BCUT2D eigenvalue weighted by Crippen LogP contribution is -2.48. The van der Waals surface area contributed by atoms with Crippen molar-refractivity contribution >= 4 is 34.7 Å². The van der Waals surface area contributed by atoms with Crippen molar-refractivity contribution in [3.05, 3.63) is 94.0 Å². The average molecular weight is 497 g/mol. The van der Waals surface area contributed by atoms with Crippen molar-refractivity contribution in [3.8, 4) is 0 Å². The van der Waals surface area contributed by atoms with Crippen molar-refractivity contribution < 1.29 is 14.4 Å². The number of likely N-dealkylation sites (N-methyl/N-ethyl adjacent to an activating group) is 1. The third-order valence-electron chi connectivity index (χ3n) is 7.31. The number of pyridine rings is 1. The van der Waals surface area contributed by atoms with E-state index in [-0.39, 0.29) is 24.0 Å². The molecule has 4 amide bonds. The number of imide groups is 1. The fourth-order valence-corrected chi connectivity index (χ4v) is 5.33. The van der Waals surface area contributed by atoms with Crippen molar-refractivity contribution in [3.63, 3.8) is 0 Å². The summed E-state index contributed by atoms with van der Waals surface area (Å²) < 4.78 is 2.99. The van der Waals surface area contributed by atoms with E-state index in [4.69, 9.17) is 0 Å². The second-order valence-corrected chi connectivity index (χ2v) is 9.52. The van der Waals surface area contributed by atoms with Gasteiger partial charge < -0.3 is 10.2 Å². The summed E-state index contributed by atoms with van der Waals surface area (Å²) in [6.07, 6.45) is 2.42. The zero-order valence-corrected chi connectivity index (χ0v) is 20.1. The smallest absolute Gasteiger partial charge is 0.325 e. The van der Waals surface area contributed by atoms with E-state index in [1.165, 1.54) is 9.47 Å². The van der Waals surface area contributed by atoms with E-state index in [9.17, 15) is 19.2 Å². The Hall–Kier alpha value is -4.73. The van der Waals surface area contributed by atoms with Gasteiger partial charge in [-0.1, -0.05) is 36.4 Å². The standard InChI is InChI=1S/C27H24N6O4/c1-31-25(36)30-24(35)27(31)13-18-9-10-20(12-19(18)14-27)29-22(34)16-32-21-8-5-11-28-23(21)33(26(32)37)15-17-6-3-2-4-7-17/h2-12H,13-16H2,1H3,(H,29,34)(H,30,35,36). The van der Waals surface area contributed by atoms with Gasteiger partial charge in [0.1, 0.15) is 12.1 Å². The predicted molar refractivity (Wildman–Crippen MR) is 136 cm³/mol. The van der Waals surface area contributed by atoms with Crippen LogP contribution in [0.2, 0.25) is 0 Å². The molecule has 0 saturated carbocycles. The number of aromatic nitrogens is 3. The number of amides is 4. The second-order valence-electron chi connectivity index (χ2n) is 9.52. The average Bonchev–Trinajstić information content (AvgIpc) is 3.47. The normalized spacial score (nSPS) is 18.5. The van der Waals surface area contributed by atoms with Gasteiger partial charge in [-0.2, -0.15) is 0 Å². The number of benzene rings is 2. The van der Waals surface area contributed by atoms with Crippen LogP contribution in [0.4, 0.5) is 10.5 Å². The first kappa shape index (κ1) is 22.7. The molecular weight excluding hydrogens is 472 g/mol. The van der Waals surface area contributed by atoms with Gasteiger partial charge in [-0.3, -0.25) is 24.0 Å². The van der Waals surface area contributed by atoms with Crippen LogP contribution in [0.5, 0.6) is 0 Å². The number of urea groups is 1. The maximum absolute atomic E-state index is 13.3. The van der Waals surface area contributed by atoms with Gasteiger partial charge in [-0.05, 0) is 41.0 Å². The zero-order valence-electron chi connectivity index (χ0n) is 20.1. The molecule has 4 aromatic rings. The Morgan fingerprint density at radius 1 is 1.00 bits per heavy atom. The molecule has 2 aromatic carbocycles. The quantitative estimate of drug-likeness (QED) is 0.409. The number of hydrogen-bond acceptors (Lipinski definition) is 5. The van der Waals surface area contributed by atoms with E-state index in [0.717, 1.165) is 16.7 Å². The number of anilines is 1. The summed E-state index contributed by atoms with van der Waals surface area (Å²) in [6, 6.07) is 18.2. The number of hydrogen-bond donors (Lipinski definition) is 2. The Balaban J connectivity index is 1.23. The maximum atomic E-state index is 13.3. The molecule has 10 nitrogen and oxygen atoms in total. The largest absolute Gasteiger partial charge is 0.331 e. The molecule has 1 spiro atoms. The van der Waals surface area contributed by atoms with E-state index >= 15 is 0 Å². The van der Waals surface area contributed by atoms with Crippen LogP contribution in [-0.4, -0.2) is 49.5 Å². The van der Waals surface area contributed by atoms with E-state index in [2.05, 4.69) is 15.6 Å². The van der Waals surface area contributed by atoms with E-state index < -0.39 is 11.6 Å². The number of nitrogens with one attached hydrogen (secondary N) is 2. The van der Waals surface area contributed by atoms with Gasteiger partial charge in [0.25, 0.3) is 5.91 Å². The summed E-state index contributed by atoms with van der Waals surface area (Å²) in [5.74, 6) is -0.662. The van der Waals surface area contributed by atoms with Crippen LogP contribution < -0.4 is 16.3 Å². The number of imidazole rings is 1. The van der Waals surface area contributed by atoms with Crippen LogP contribution in [0.1, 0.15) is 16.7 Å². The lowest BCUT2D eigenvalue weighted by atomic mass is 9.95. The van der Waals surface area contributed by atoms with Crippen molar-refractivity contribution in [1.82, 2.24) is 24.3 Å². The summed E-state index contributed by atoms with van der Waals surface area (Å²) in [4.78, 5) is 56.7. The first-order valence-corrected chi connectivity index (χ1v) is 11.9. The van der Waals surface area contributed by atoms with Crippen molar-refractivity contribution in [2.24, 2.45) is 0 Å². The molecule has 186 valence electrons. The molecule has 10 heteroatoms. The summed E-state index contributed by atoms with van der Waals surface area (Å²) >= 11 is 0. The van der Waals surface area contributed by atoms with Gasteiger partial charge in [0.15, 0.2) is 5.65 Å². The molecule has 6 rings (SSSR count). The molecule has 1 atom stereocenters. The topological polar surface area (TPSA) is 118 Å². The maximum Gasteiger partial charge on any atom is 0.331 e. The Kier molecular flexibility index (Phi) is 5.18. The first-order valence-electron chi connectivity index (χ1n) is 11.9. The summed E-state index contributed by atoms with van der Waals surface area (Å²) in [6.45, 7) is 0.169. The minimum Gasteiger partial charge on any atom is -0.325 e. The van der Waals surface area contributed by atoms with Crippen LogP contribution in [0, 0.1) is 0 Å². The third-order valence-corrected chi connectivity index (χ3v) is 7.31. The summed E-state index contributed by atoms with van der Waals surface area (Å²) in [7, 11) is 1.62. The molecule has 37 heavy (non-hydrogen) atoms. The van der Waals surface area contributed by atoms with Crippen LogP contribution in [0.15, 0.2) is 71.7 Å². The molecule has 3 heterocycles. The highest BCUT2D eigenvalue weighted by Crippen LogP contribution is 2.38. The molecule has 2 aromatic heterocycles. The monoisotopic (exact) mass is 496 g/mol. The highest BCUT2D eigenvalue weighted by atomic mass is 16.2. The SMILES string of the molecule is CN1C(=O)NC(=O)C12Cc1ccc(NC(=O)Cn3c(=O)n(Cc4ccccc4)c4ncccc43)cc1C2. The van der Waals surface area contributed by atoms with Gasteiger partial charge in [0.05, 0.1) is 12.1 Å². The highest BCUT2D eigenvalue weighted by molar-refractivity contribution is 6.07. The Morgan fingerprint density at radius 3 is 2.54 bits per heavy atom. The van der Waals surface area contributed by atoms with Crippen LogP contribution in [0.25, 0.3) is 11.2 Å². The van der Waals surface area contributed by atoms with Gasteiger partial charge in [-0.15, -0.1) is 0 Å². The molecular formula is C27H24N6O4. The van der Waals surface area contributed by atoms with E-state index in [0.29, 0.717) is 36.2 Å². The van der Waals surface area contributed by atoms with E-state index in [1.54, 1.807) is 36.0 Å². The second kappa shape index (κ2) is 8.44. The number of nitrogens with zero attached hydrogens (tertiary/aromatic N) is 4. The Bertz CT molecular complexity index is 1640. The molecule has 0 bridgehead atoms. The lowest BCUT2D eigenvalue weighted by Gasteiger charge is -2.27. The van der Waals surface area contributed by atoms with Crippen molar-refractivity contribution in [2.45, 2.75) is 31.5 Å². The molecule has 1 aliphatic carbocycles. The first-order chi connectivity index (χ1) is 17.9. The third kappa shape index (κ3) is 3.68. The molecule has 1 unspecified atom stereocenters. The zero-order chi connectivity index (χ0) is 25.7. The van der Waals surface area contributed by atoms with Gasteiger partial charge in [0, 0.05) is 31.8 Å². The van der Waals surface area contributed by atoms with Crippen LogP contribution >= 0.6 is 0 Å². The molecule has 1 aliphatic heterocycles. The van der Waals surface area contributed by atoms with Crippen LogP contribution in [0.3, 0.4) is 0 Å². The predicted octanol–water partition coefficient (Wildman–Crippen LogP) is 1.90. The van der Waals surface area contributed by atoms with Crippen molar-refractivity contribution in [2.75, 3.05) is 12.4 Å². The molecule has 2 aliphatic rings. The highest BCUT2D eigenvalue weighted by Gasteiger charge is 2.54. The fraction of sp³-hybridized carbons (Fsp3) is 0.222. The summed E-state index contributed by atoms with van der Waals surface area (Å²) in [5, 5.41) is 5.26. The lowest BCUT2D eigenvalue weighted by molar-refractivity contribution is -0.125. The van der Waals surface area contributed by atoms with Crippen LogP contribution in [-0.2, 0) is 35.5 Å². The number of fused-ring (bicyclic) bond motifs is 2. The number of carbonyl (C=O) groups excluding carboxylic acids is 3. The Labute approximate surface area is 211 Å². The number of rotatable bonds is 5. The van der Waals surface area contributed by atoms with E-state index in [1.807, 2.05) is 42.5 Å². The molecule has 2 N–H and O–H groups in total. The number of carbonyl (C=O) groups is 3.